The SMILES string of the molecule is COc1ccc(NC(=O)CCCc2c(-c3ccccn3)[nH]c3ccc(Cl)cc23)cc1. The first-order valence-electron chi connectivity index (χ1n) is 9.79. The Morgan fingerprint density at radius 3 is 2.70 bits per heavy atom. The number of carbonyl (C=O) groups excluding carboxylic acids is 1. The number of aromatic nitrogens is 2. The number of nitrogens with one attached hydrogen (secondary N) is 2. The molecule has 0 spiro atoms. The van der Waals surface area contributed by atoms with Gasteiger partial charge in [-0.1, -0.05) is 17.7 Å². The molecule has 30 heavy (non-hydrogen) atoms. The highest BCUT2D eigenvalue weighted by molar-refractivity contribution is 6.31. The zero-order chi connectivity index (χ0) is 20.9. The van der Waals surface area contributed by atoms with Crippen LogP contribution < -0.4 is 10.1 Å². The first kappa shape index (κ1) is 20.0. The van der Waals surface area contributed by atoms with Gasteiger partial charge in [-0.3, -0.25) is 9.78 Å². The summed E-state index contributed by atoms with van der Waals surface area (Å²) in [5, 5.41) is 4.69. The van der Waals surface area contributed by atoms with Gasteiger partial charge in [-0.25, -0.2) is 0 Å². The van der Waals surface area contributed by atoms with Crippen LogP contribution in [0.1, 0.15) is 18.4 Å². The van der Waals surface area contributed by atoms with Gasteiger partial charge in [-0.05, 0) is 73.0 Å². The molecular weight excluding hydrogens is 398 g/mol. The number of aromatic amines is 1. The lowest BCUT2D eigenvalue weighted by atomic mass is 10.0. The molecule has 0 atom stereocenters. The molecule has 152 valence electrons. The molecule has 5 nitrogen and oxygen atoms in total. The molecule has 0 saturated carbocycles. The second-order valence-corrected chi connectivity index (χ2v) is 7.45. The van der Waals surface area contributed by atoms with Gasteiger partial charge in [0.1, 0.15) is 5.75 Å². The van der Waals surface area contributed by atoms with E-state index >= 15 is 0 Å². The summed E-state index contributed by atoms with van der Waals surface area (Å²) in [6.07, 6.45) is 3.64. The van der Waals surface area contributed by atoms with E-state index in [0.717, 1.165) is 45.7 Å². The molecule has 0 aliphatic heterocycles. The maximum Gasteiger partial charge on any atom is 0.224 e. The highest BCUT2D eigenvalue weighted by atomic mass is 35.5. The molecule has 0 aliphatic carbocycles. The van der Waals surface area contributed by atoms with Crippen molar-refractivity contribution in [1.29, 1.82) is 0 Å². The maximum atomic E-state index is 12.4. The predicted octanol–water partition coefficient (Wildman–Crippen LogP) is 5.85. The Morgan fingerprint density at radius 1 is 1.13 bits per heavy atom. The fraction of sp³-hybridized carbons (Fsp3) is 0.167. The van der Waals surface area contributed by atoms with E-state index in [9.17, 15) is 4.79 Å². The molecule has 4 aromatic rings. The first-order valence-corrected chi connectivity index (χ1v) is 10.2. The number of pyridine rings is 1. The Kier molecular flexibility index (Phi) is 6.00. The average molecular weight is 420 g/mol. The minimum atomic E-state index is -0.0163. The number of ether oxygens (including phenoxy) is 1. The van der Waals surface area contributed by atoms with Crippen LogP contribution in [0.15, 0.2) is 66.9 Å². The number of nitrogens with zero attached hydrogens (tertiary/aromatic N) is 1. The highest BCUT2D eigenvalue weighted by Gasteiger charge is 2.15. The number of fused-ring (bicyclic) bond motifs is 1. The van der Waals surface area contributed by atoms with Crippen LogP contribution in [0, 0.1) is 0 Å². The van der Waals surface area contributed by atoms with Crippen LogP contribution in [0.3, 0.4) is 0 Å². The van der Waals surface area contributed by atoms with E-state index in [-0.39, 0.29) is 5.91 Å². The highest BCUT2D eigenvalue weighted by Crippen LogP contribution is 2.32. The van der Waals surface area contributed by atoms with E-state index < -0.39 is 0 Å². The van der Waals surface area contributed by atoms with Crippen LogP contribution in [-0.2, 0) is 11.2 Å². The summed E-state index contributed by atoms with van der Waals surface area (Å²) in [5.74, 6) is 0.741. The molecule has 2 aromatic heterocycles. The third-order valence-corrected chi connectivity index (χ3v) is 5.23. The molecule has 0 radical (unpaired) electrons. The van der Waals surface area contributed by atoms with Crippen LogP contribution in [0.25, 0.3) is 22.3 Å². The number of rotatable bonds is 7. The van der Waals surface area contributed by atoms with Crippen molar-refractivity contribution in [1.82, 2.24) is 9.97 Å². The van der Waals surface area contributed by atoms with Crippen molar-refractivity contribution in [2.45, 2.75) is 19.3 Å². The molecule has 2 aromatic carbocycles. The van der Waals surface area contributed by atoms with Crippen molar-refractivity contribution in [2.24, 2.45) is 0 Å². The van der Waals surface area contributed by atoms with Crippen LogP contribution in [0.5, 0.6) is 5.75 Å². The van der Waals surface area contributed by atoms with E-state index in [1.54, 1.807) is 13.3 Å². The van der Waals surface area contributed by atoms with Crippen molar-refractivity contribution < 1.29 is 9.53 Å². The summed E-state index contributed by atoms with van der Waals surface area (Å²) >= 11 is 6.24. The van der Waals surface area contributed by atoms with Gasteiger partial charge in [0.2, 0.25) is 5.91 Å². The number of anilines is 1. The Labute approximate surface area is 180 Å². The molecule has 0 saturated heterocycles. The quantitative estimate of drug-likeness (QED) is 0.394. The number of aryl methyl sites for hydroxylation is 1. The number of carbonyl (C=O) groups is 1. The topological polar surface area (TPSA) is 67.0 Å². The van der Waals surface area contributed by atoms with Gasteiger partial charge in [-0.15, -0.1) is 0 Å². The monoisotopic (exact) mass is 419 g/mol. The zero-order valence-electron chi connectivity index (χ0n) is 16.6. The Hall–Kier alpha value is -3.31. The summed E-state index contributed by atoms with van der Waals surface area (Å²) in [6.45, 7) is 0. The fourth-order valence-corrected chi connectivity index (χ4v) is 3.70. The zero-order valence-corrected chi connectivity index (χ0v) is 17.4. The number of amides is 1. The number of hydrogen-bond acceptors (Lipinski definition) is 3. The number of hydrogen-bond donors (Lipinski definition) is 2. The molecule has 0 aliphatic rings. The van der Waals surface area contributed by atoms with Gasteiger partial charge in [-0.2, -0.15) is 0 Å². The Balaban J connectivity index is 1.49. The lowest BCUT2D eigenvalue weighted by Gasteiger charge is -2.07. The van der Waals surface area contributed by atoms with Crippen molar-refractivity contribution in [2.75, 3.05) is 12.4 Å². The molecule has 0 bridgehead atoms. The smallest absolute Gasteiger partial charge is 0.224 e. The largest absolute Gasteiger partial charge is 0.497 e. The Morgan fingerprint density at radius 2 is 1.97 bits per heavy atom. The minimum absolute atomic E-state index is 0.0163. The molecule has 1 amide bonds. The van der Waals surface area contributed by atoms with Crippen molar-refractivity contribution in [3.05, 3.63) is 77.4 Å². The summed E-state index contributed by atoms with van der Waals surface area (Å²) in [6, 6.07) is 19.0. The van der Waals surface area contributed by atoms with E-state index in [0.29, 0.717) is 17.9 Å². The van der Waals surface area contributed by atoms with Crippen LogP contribution >= 0.6 is 11.6 Å². The summed E-state index contributed by atoms with van der Waals surface area (Å²) < 4.78 is 5.14. The number of benzene rings is 2. The van der Waals surface area contributed by atoms with Crippen LogP contribution in [0.2, 0.25) is 5.02 Å². The van der Waals surface area contributed by atoms with Gasteiger partial charge >= 0.3 is 0 Å². The lowest BCUT2D eigenvalue weighted by molar-refractivity contribution is -0.116. The lowest BCUT2D eigenvalue weighted by Crippen LogP contribution is -2.11. The van der Waals surface area contributed by atoms with Crippen molar-refractivity contribution >= 4 is 34.1 Å². The summed E-state index contributed by atoms with van der Waals surface area (Å²) in [7, 11) is 1.62. The second-order valence-electron chi connectivity index (χ2n) is 7.01. The van der Waals surface area contributed by atoms with E-state index in [1.165, 1.54) is 0 Å². The normalized spacial score (nSPS) is 10.9. The molecule has 2 heterocycles. The second kappa shape index (κ2) is 9.01. The average Bonchev–Trinajstić information content (AvgIpc) is 3.12. The van der Waals surface area contributed by atoms with E-state index in [4.69, 9.17) is 16.3 Å². The van der Waals surface area contributed by atoms with Gasteiger partial charge in [0.05, 0.1) is 18.5 Å². The van der Waals surface area contributed by atoms with E-state index in [2.05, 4.69) is 15.3 Å². The number of H-pyrrole nitrogens is 1. The van der Waals surface area contributed by atoms with Crippen molar-refractivity contribution in [3.8, 4) is 17.1 Å². The fourth-order valence-electron chi connectivity index (χ4n) is 3.53. The summed E-state index contributed by atoms with van der Waals surface area (Å²) in [5.41, 5.74) is 4.75. The Bertz CT molecular complexity index is 1150. The number of methoxy groups -OCH3 is 1. The predicted molar refractivity (Wildman–Crippen MR) is 121 cm³/mol. The third-order valence-electron chi connectivity index (χ3n) is 4.99. The first-order chi connectivity index (χ1) is 14.6. The van der Waals surface area contributed by atoms with Gasteiger partial charge < -0.3 is 15.0 Å². The van der Waals surface area contributed by atoms with Gasteiger partial charge in [0.25, 0.3) is 0 Å². The summed E-state index contributed by atoms with van der Waals surface area (Å²) in [4.78, 5) is 20.3. The van der Waals surface area contributed by atoms with Crippen LogP contribution in [-0.4, -0.2) is 23.0 Å². The number of halogens is 1. The molecular formula is C24H22ClN3O2. The molecule has 0 unspecified atom stereocenters. The molecule has 4 rings (SSSR count). The van der Waals surface area contributed by atoms with Gasteiger partial charge in [0, 0.05) is 34.2 Å². The molecule has 6 heteroatoms. The molecule has 0 fully saturated rings. The third kappa shape index (κ3) is 4.47. The molecule has 2 N–H and O–H groups in total. The maximum absolute atomic E-state index is 12.4. The van der Waals surface area contributed by atoms with Crippen LogP contribution in [0.4, 0.5) is 5.69 Å². The van der Waals surface area contributed by atoms with Gasteiger partial charge in [0.15, 0.2) is 0 Å². The minimum Gasteiger partial charge on any atom is -0.497 e. The van der Waals surface area contributed by atoms with E-state index in [1.807, 2.05) is 60.7 Å². The standard InChI is InChI=1S/C24H22ClN3O2/c1-30-18-11-9-17(10-12-18)27-23(29)7-4-5-19-20-15-16(25)8-13-21(20)28-24(19)22-6-2-3-14-26-22/h2-3,6,8-15,28H,4-5,7H2,1H3,(H,27,29). The van der Waals surface area contributed by atoms with Crippen molar-refractivity contribution in [3.63, 3.8) is 0 Å².